The van der Waals surface area contributed by atoms with Crippen LogP contribution in [0.2, 0.25) is 5.02 Å². The molecule has 0 amide bonds. The number of alkyl halides is 1. The molecule has 1 atom stereocenters. The molecular weight excluding hydrogens is 500 g/mol. The van der Waals surface area contributed by atoms with Crippen molar-refractivity contribution in [3.05, 3.63) is 70.8 Å². The van der Waals surface area contributed by atoms with E-state index >= 15 is 4.39 Å². The molecule has 37 heavy (non-hydrogen) atoms. The summed E-state index contributed by atoms with van der Waals surface area (Å²) in [4.78, 5) is 28.9. The third kappa shape index (κ3) is 5.32. The lowest BCUT2D eigenvalue weighted by molar-refractivity contribution is 0.0684. The molecule has 1 unspecified atom stereocenters. The number of rotatable bonds is 7. The van der Waals surface area contributed by atoms with E-state index < -0.39 is 23.8 Å². The van der Waals surface area contributed by atoms with Crippen LogP contribution in [0.25, 0.3) is 22.4 Å². The second-order valence-corrected chi connectivity index (χ2v) is 10.2. The summed E-state index contributed by atoms with van der Waals surface area (Å²) < 4.78 is 32.0. The number of halogens is 3. The molecule has 1 aromatic carbocycles. The number of benzene rings is 1. The van der Waals surface area contributed by atoms with Gasteiger partial charge in [-0.25, -0.2) is 28.5 Å². The molecule has 1 fully saturated rings. The minimum absolute atomic E-state index is 0.0673. The Morgan fingerprint density at radius 2 is 1.92 bits per heavy atom. The van der Waals surface area contributed by atoms with Crippen LogP contribution in [0, 0.1) is 17.7 Å². The number of carboxylic acid groups (broad SMARTS) is 1. The molecule has 0 spiro atoms. The lowest BCUT2D eigenvalue weighted by Gasteiger charge is -2.27. The predicted molar refractivity (Wildman–Crippen MR) is 136 cm³/mol. The first-order chi connectivity index (χ1) is 17.8. The molecule has 0 saturated heterocycles. The Morgan fingerprint density at radius 3 is 2.62 bits per heavy atom. The van der Waals surface area contributed by atoms with E-state index in [1.54, 1.807) is 28.8 Å². The summed E-state index contributed by atoms with van der Waals surface area (Å²) in [6.07, 6.45) is 5.22. The average molecular weight is 526 g/mol. The van der Waals surface area contributed by atoms with Crippen LogP contribution in [0.5, 0.6) is 0 Å². The highest BCUT2D eigenvalue weighted by Crippen LogP contribution is 2.36. The van der Waals surface area contributed by atoms with Crippen LogP contribution in [-0.2, 0) is 13.0 Å². The van der Waals surface area contributed by atoms with Crippen molar-refractivity contribution in [3.63, 3.8) is 0 Å². The molecule has 7 nitrogen and oxygen atoms in total. The van der Waals surface area contributed by atoms with E-state index in [2.05, 4.69) is 26.9 Å². The molecule has 0 radical (unpaired) electrons. The highest BCUT2D eigenvalue weighted by atomic mass is 35.5. The summed E-state index contributed by atoms with van der Waals surface area (Å²) >= 11 is 6.18. The van der Waals surface area contributed by atoms with Gasteiger partial charge in [0.05, 0.1) is 5.02 Å². The molecule has 1 aliphatic carbocycles. The molecule has 0 aliphatic heterocycles. The molecular formula is C27H26ClF2N5O2. The standard InChI is InChI=1S/C27H26ClF2N5O2/c1-15-6-8-16(9-7-15)14-35-23-22(18-10-19(28)13-31-12-18)32-25(27(36)37)33-24(23)34-26(35)21(30)11-17-4-2-3-5-20(17)29/h2-5,10,12-13,15-16,21H,6-9,11,14H2,1H3,(H,36,37)/t15-,16-,21?. The Balaban J connectivity index is 1.68. The van der Waals surface area contributed by atoms with E-state index in [4.69, 9.17) is 11.6 Å². The normalized spacial score (nSPS) is 18.7. The summed E-state index contributed by atoms with van der Waals surface area (Å²) in [5.41, 5.74) is 1.45. The van der Waals surface area contributed by atoms with Crippen LogP contribution in [0.1, 0.15) is 60.8 Å². The summed E-state index contributed by atoms with van der Waals surface area (Å²) in [6.45, 7) is 2.69. The van der Waals surface area contributed by atoms with Gasteiger partial charge in [0.15, 0.2) is 11.8 Å². The maximum absolute atomic E-state index is 15.9. The van der Waals surface area contributed by atoms with E-state index in [-0.39, 0.29) is 35.1 Å². The summed E-state index contributed by atoms with van der Waals surface area (Å²) in [5.74, 6) is -1.30. The van der Waals surface area contributed by atoms with Crippen molar-refractivity contribution in [2.75, 3.05) is 0 Å². The summed E-state index contributed by atoms with van der Waals surface area (Å²) in [5, 5.41) is 9.99. The number of nitrogens with zero attached hydrogens (tertiary/aromatic N) is 5. The topological polar surface area (TPSA) is 93.8 Å². The van der Waals surface area contributed by atoms with Gasteiger partial charge in [-0.05, 0) is 42.4 Å². The third-order valence-electron chi connectivity index (χ3n) is 7.02. The second-order valence-electron chi connectivity index (χ2n) is 9.73. The van der Waals surface area contributed by atoms with Gasteiger partial charge in [0, 0.05) is 30.9 Å². The van der Waals surface area contributed by atoms with Crippen molar-refractivity contribution >= 4 is 28.7 Å². The number of carbonyl (C=O) groups is 1. The SMILES string of the molecule is C[C@H]1CC[C@H](Cn2c(C(F)Cc3ccccc3F)nc3nc(C(=O)O)nc(-c4cncc(Cl)c4)c32)CC1. The van der Waals surface area contributed by atoms with Crippen molar-refractivity contribution in [1.82, 2.24) is 24.5 Å². The van der Waals surface area contributed by atoms with Crippen molar-refractivity contribution in [2.24, 2.45) is 11.8 Å². The van der Waals surface area contributed by atoms with Gasteiger partial charge in [-0.3, -0.25) is 4.98 Å². The third-order valence-corrected chi connectivity index (χ3v) is 7.22. The first kappa shape index (κ1) is 25.2. The zero-order chi connectivity index (χ0) is 26.1. The van der Waals surface area contributed by atoms with Crippen molar-refractivity contribution in [2.45, 2.75) is 51.7 Å². The Labute approximate surface area is 217 Å². The molecule has 3 aromatic heterocycles. The van der Waals surface area contributed by atoms with E-state index in [0.717, 1.165) is 25.7 Å². The molecule has 192 valence electrons. The first-order valence-corrected chi connectivity index (χ1v) is 12.7. The average Bonchev–Trinajstić information content (AvgIpc) is 3.24. The van der Waals surface area contributed by atoms with Crippen molar-refractivity contribution in [3.8, 4) is 11.3 Å². The van der Waals surface area contributed by atoms with Crippen LogP contribution in [-0.4, -0.2) is 35.6 Å². The molecule has 1 aliphatic rings. The van der Waals surface area contributed by atoms with Gasteiger partial charge in [-0.1, -0.05) is 49.6 Å². The lowest BCUT2D eigenvalue weighted by Crippen LogP contribution is -2.20. The maximum atomic E-state index is 15.9. The maximum Gasteiger partial charge on any atom is 0.374 e. The van der Waals surface area contributed by atoms with Crippen LogP contribution < -0.4 is 0 Å². The van der Waals surface area contributed by atoms with Crippen LogP contribution in [0.15, 0.2) is 42.7 Å². The number of pyridine rings is 1. The van der Waals surface area contributed by atoms with Gasteiger partial charge in [0.25, 0.3) is 0 Å². The molecule has 3 heterocycles. The second kappa shape index (κ2) is 10.5. The molecule has 0 bridgehead atoms. The van der Waals surface area contributed by atoms with E-state index in [1.807, 2.05) is 0 Å². The highest BCUT2D eigenvalue weighted by molar-refractivity contribution is 6.30. The number of aromatic carboxylic acids is 1. The van der Waals surface area contributed by atoms with Gasteiger partial charge in [0.2, 0.25) is 5.82 Å². The number of hydrogen-bond donors (Lipinski definition) is 1. The summed E-state index contributed by atoms with van der Waals surface area (Å²) in [7, 11) is 0. The Kier molecular flexibility index (Phi) is 7.15. The number of hydrogen-bond acceptors (Lipinski definition) is 5. The van der Waals surface area contributed by atoms with Crippen LogP contribution in [0.3, 0.4) is 0 Å². The zero-order valence-electron chi connectivity index (χ0n) is 20.2. The fraction of sp³-hybridized carbons (Fsp3) is 0.370. The molecule has 10 heteroatoms. The van der Waals surface area contributed by atoms with Crippen LogP contribution >= 0.6 is 11.6 Å². The first-order valence-electron chi connectivity index (χ1n) is 12.3. The van der Waals surface area contributed by atoms with E-state index in [0.29, 0.717) is 28.6 Å². The van der Waals surface area contributed by atoms with Gasteiger partial charge < -0.3 is 9.67 Å². The zero-order valence-corrected chi connectivity index (χ0v) is 21.0. The number of aromatic nitrogens is 5. The fourth-order valence-corrected chi connectivity index (χ4v) is 5.21. The minimum atomic E-state index is -1.65. The van der Waals surface area contributed by atoms with Gasteiger partial charge >= 0.3 is 5.97 Å². The Hall–Kier alpha value is -3.46. The van der Waals surface area contributed by atoms with Crippen LogP contribution in [0.4, 0.5) is 8.78 Å². The number of imidazole rings is 1. The largest absolute Gasteiger partial charge is 0.475 e. The predicted octanol–water partition coefficient (Wildman–Crippen LogP) is 6.46. The fourth-order valence-electron chi connectivity index (χ4n) is 5.03. The minimum Gasteiger partial charge on any atom is -0.475 e. The molecule has 1 saturated carbocycles. The smallest absolute Gasteiger partial charge is 0.374 e. The number of fused-ring (bicyclic) bond motifs is 1. The molecule has 1 N–H and O–H groups in total. The Bertz CT molecular complexity index is 1450. The van der Waals surface area contributed by atoms with Crippen molar-refractivity contribution in [1.29, 1.82) is 0 Å². The number of carboxylic acids is 1. The van der Waals surface area contributed by atoms with Gasteiger partial charge in [-0.15, -0.1) is 0 Å². The monoisotopic (exact) mass is 525 g/mol. The highest BCUT2D eigenvalue weighted by Gasteiger charge is 2.29. The van der Waals surface area contributed by atoms with Gasteiger partial charge in [0.1, 0.15) is 22.9 Å². The lowest BCUT2D eigenvalue weighted by atomic mass is 9.83. The van der Waals surface area contributed by atoms with Gasteiger partial charge in [-0.2, -0.15) is 0 Å². The summed E-state index contributed by atoms with van der Waals surface area (Å²) in [6, 6.07) is 7.67. The molecule has 4 aromatic rings. The quantitative estimate of drug-likeness (QED) is 0.297. The van der Waals surface area contributed by atoms with E-state index in [9.17, 15) is 14.3 Å². The molecule has 5 rings (SSSR count). The Morgan fingerprint density at radius 1 is 1.16 bits per heavy atom. The van der Waals surface area contributed by atoms with Crippen molar-refractivity contribution < 1.29 is 18.7 Å². The van der Waals surface area contributed by atoms with E-state index in [1.165, 1.54) is 18.5 Å².